The molecule has 3 fully saturated rings. The van der Waals surface area contributed by atoms with E-state index in [0.29, 0.717) is 24.4 Å². The van der Waals surface area contributed by atoms with Crippen LogP contribution in [0.1, 0.15) is 88.0 Å². The first-order valence-corrected chi connectivity index (χ1v) is 20.1. The summed E-state index contributed by atoms with van der Waals surface area (Å²) in [6.45, 7) is 15.2. The molecule has 1 aromatic heterocycles. The van der Waals surface area contributed by atoms with E-state index in [9.17, 15) is 24.6 Å². The van der Waals surface area contributed by atoms with E-state index in [1.807, 2.05) is 60.5 Å². The van der Waals surface area contributed by atoms with Crippen LogP contribution in [0.2, 0.25) is 0 Å². The molecule has 2 bridgehead atoms. The minimum atomic E-state index is -1.77. The van der Waals surface area contributed by atoms with Crippen LogP contribution in [0, 0.1) is 23.7 Å². The third-order valence-corrected chi connectivity index (χ3v) is 11.4. The average Bonchev–Trinajstić information content (AvgIpc) is 3.15. The van der Waals surface area contributed by atoms with Crippen LogP contribution in [0.5, 0.6) is 0 Å². The normalized spacial score (nSPS) is 38.8. The van der Waals surface area contributed by atoms with Gasteiger partial charge in [0.1, 0.15) is 29.3 Å². The van der Waals surface area contributed by atoms with E-state index < -0.39 is 90.0 Å². The van der Waals surface area contributed by atoms with Gasteiger partial charge in [-0.25, -0.2) is 9.98 Å². The van der Waals surface area contributed by atoms with Gasteiger partial charge >= 0.3 is 5.97 Å². The van der Waals surface area contributed by atoms with Crippen molar-refractivity contribution in [3.63, 3.8) is 0 Å². The second-order valence-electron chi connectivity index (χ2n) is 16.8. The SMILES string of the molecule is CC[C@H]1OC(=O)[C@H](C)C[C@H](C)C(O[C@@H]2O[C@H](C)C[C@H](N(C)C)C2O)[C@@]2(C)CC(C)C(=NC(C)=O)C(C)C(OC/C(=N/OCC(=O)Nc3ccccn3)CO2)[C@]1(C)O. The van der Waals surface area contributed by atoms with Crippen LogP contribution in [0.3, 0.4) is 0 Å². The number of carbonyl (C=O) groups excluding carboxylic acids is 3. The van der Waals surface area contributed by atoms with Gasteiger partial charge in [0, 0.05) is 30.8 Å². The average molecular weight is 804 g/mol. The lowest BCUT2D eigenvalue weighted by molar-refractivity contribution is -0.298. The molecule has 0 aliphatic carbocycles. The van der Waals surface area contributed by atoms with Gasteiger partial charge in [0.2, 0.25) is 5.91 Å². The van der Waals surface area contributed by atoms with E-state index >= 15 is 0 Å². The number of nitrogens with zero attached hydrogens (tertiary/aromatic N) is 4. The predicted molar refractivity (Wildman–Crippen MR) is 212 cm³/mol. The number of aliphatic imine (C=N–C) groups is 1. The Kier molecular flexibility index (Phi) is 16.3. The molecule has 16 heteroatoms. The number of carbonyl (C=O) groups is 3. The standard InChI is InChI=1S/C41H65N5O11/c1-12-31-41(9,51)37-27(6)34(43-28(7)47)25(4)19-40(8,53-21-29(20-52-37)45-54-22-33(48)44-32-15-13-14-16-42-32)36(23(2)17-24(3)38(50)56-31)57-39-35(49)30(46(10)11)18-26(5)55-39/h13-16,23-27,30-31,35-37,39,49,51H,12,17-22H2,1-11H3,(H,42,44,48)/b43-34?,45-29-/t23-,24+,25?,26+,27?,30-,31+,35?,36?,37?,39-,40+,41+/m0/s1. The molecule has 3 N–H and O–H groups in total. The van der Waals surface area contributed by atoms with Crippen LogP contribution < -0.4 is 5.32 Å². The number of ether oxygens (including phenoxy) is 5. The largest absolute Gasteiger partial charge is 0.459 e. The number of aliphatic hydroxyl groups excluding tert-OH is 1. The first kappa shape index (κ1) is 46.3. The Morgan fingerprint density at radius 2 is 1.81 bits per heavy atom. The highest BCUT2D eigenvalue weighted by Crippen LogP contribution is 2.40. The molecule has 0 saturated carbocycles. The summed E-state index contributed by atoms with van der Waals surface area (Å²) in [5.74, 6) is -3.23. The van der Waals surface area contributed by atoms with Gasteiger partial charge < -0.3 is 49.0 Å². The quantitative estimate of drug-likeness (QED) is 0.254. The fourth-order valence-corrected chi connectivity index (χ4v) is 8.63. The van der Waals surface area contributed by atoms with Gasteiger partial charge in [-0.2, -0.15) is 0 Å². The van der Waals surface area contributed by atoms with Crippen molar-refractivity contribution in [3.8, 4) is 0 Å². The summed E-state index contributed by atoms with van der Waals surface area (Å²) >= 11 is 0. The molecule has 5 unspecified atom stereocenters. The van der Waals surface area contributed by atoms with Crippen molar-refractivity contribution < 1.29 is 53.1 Å². The molecule has 1 aromatic rings. The Morgan fingerprint density at radius 1 is 1.09 bits per heavy atom. The van der Waals surface area contributed by atoms with Gasteiger partial charge in [0.05, 0.1) is 43.0 Å². The van der Waals surface area contributed by atoms with Gasteiger partial charge in [-0.15, -0.1) is 0 Å². The second-order valence-corrected chi connectivity index (χ2v) is 16.8. The Bertz CT molecular complexity index is 1570. The molecule has 4 rings (SSSR count). The van der Waals surface area contributed by atoms with Crippen molar-refractivity contribution >= 4 is 35.0 Å². The summed E-state index contributed by atoms with van der Waals surface area (Å²) in [5.41, 5.74) is -2.29. The van der Waals surface area contributed by atoms with Crippen LogP contribution in [0.25, 0.3) is 0 Å². The van der Waals surface area contributed by atoms with E-state index in [4.69, 9.17) is 28.5 Å². The minimum absolute atomic E-state index is 0.160. The van der Waals surface area contributed by atoms with Crippen molar-refractivity contribution in [2.24, 2.45) is 33.8 Å². The zero-order valence-corrected chi connectivity index (χ0v) is 35.5. The number of cyclic esters (lactones) is 1. The molecular weight excluding hydrogens is 738 g/mol. The van der Waals surface area contributed by atoms with Gasteiger partial charge in [-0.1, -0.05) is 45.8 Å². The van der Waals surface area contributed by atoms with E-state index in [2.05, 4.69) is 20.4 Å². The summed E-state index contributed by atoms with van der Waals surface area (Å²) in [5, 5.41) is 31.0. The number of esters is 1. The lowest BCUT2D eigenvalue weighted by Gasteiger charge is -2.48. The molecule has 3 saturated heterocycles. The van der Waals surface area contributed by atoms with E-state index in [0.717, 1.165) is 0 Å². The molecule has 16 nitrogen and oxygen atoms in total. The monoisotopic (exact) mass is 803 g/mol. The van der Waals surface area contributed by atoms with Crippen LogP contribution in [-0.4, -0.2) is 137 Å². The molecular formula is C41H65N5O11. The maximum Gasteiger partial charge on any atom is 0.309 e. The molecule has 3 aliphatic rings. The molecule has 0 spiro atoms. The van der Waals surface area contributed by atoms with Crippen molar-refractivity contribution in [2.75, 3.05) is 39.2 Å². The number of hydrogen-bond acceptors (Lipinski definition) is 14. The number of hydrogen-bond donors (Lipinski definition) is 3. The molecule has 3 aliphatic heterocycles. The maximum atomic E-state index is 13.8. The summed E-state index contributed by atoms with van der Waals surface area (Å²) in [6.07, 6.45) is -2.24. The van der Waals surface area contributed by atoms with Crippen molar-refractivity contribution in [1.29, 1.82) is 0 Å². The van der Waals surface area contributed by atoms with Crippen molar-refractivity contribution in [3.05, 3.63) is 24.4 Å². The number of oxime groups is 1. The molecule has 320 valence electrons. The van der Waals surface area contributed by atoms with E-state index in [1.54, 1.807) is 38.2 Å². The number of likely N-dealkylation sites (N-methyl/N-ethyl adjacent to an activating group) is 1. The van der Waals surface area contributed by atoms with E-state index in [1.165, 1.54) is 6.92 Å². The molecule has 0 aromatic carbocycles. The molecule has 4 heterocycles. The summed E-state index contributed by atoms with van der Waals surface area (Å²) in [6, 6.07) is 4.86. The number of amides is 2. The Labute approximate surface area is 337 Å². The Balaban J connectivity index is 1.86. The van der Waals surface area contributed by atoms with Gasteiger partial charge in [0.25, 0.3) is 5.91 Å². The maximum absolute atomic E-state index is 13.8. The number of aromatic nitrogens is 1. The zero-order valence-electron chi connectivity index (χ0n) is 35.5. The fourth-order valence-electron chi connectivity index (χ4n) is 8.63. The highest BCUT2D eigenvalue weighted by Gasteiger charge is 2.51. The smallest absolute Gasteiger partial charge is 0.309 e. The highest BCUT2D eigenvalue weighted by atomic mass is 16.7. The van der Waals surface area contributed by atoms with Crippen LogP contribution in [0.4, 0.5) is 5.82 Å². The number of rotatable bonds is 8. The first-order valence-electron chi connectivity index (χ1n) is 20.1. The fraction of sp³-hybridized carbons (Fsp3) is 0.756. The summed E-state index contributed by atoms with van der Waals surface area (Å²) in [7, 11) is 3.80. The van der Waals surface area contributed by atoms with Crippen molar-refractivity contribution in [1.82, 2.24) is 9.88 Å². The Morgan fingerprint density at radius 3 is 2.44 bits per heavy atom. The topological polar surface area (TPSA) is 200 Å². The van der Waals surface area contributed by atoms with Gasteiger partial charge in [-0.3, -0.25) is 14.4 Å². The van der Waals surface area contributed by atoms with Crippen LogP contribution >= 0.6 is 0 Å². The van der Waals surface area contributed by atoms with E-state index in [-0.39, 0.29) is 43.9 Å². The summed E-state index contributed by atoms with van der Waals surface area (Å²) in [4.78, 5) is 55.5. The zero-order chi connectivity index (χ0) is 42.2. The number of anilines is 1. The van der Waals surface area contributed by atoms with Gasteiger partial charge in [0.15, 0.2) is 12.9 Å². The number of fused-ring (bicyclic) bond motifs is 5. The number of nitrogens with one attached hydrogen (secondary N) is 1. The highest BCUT2D eigenvalue weighted by molar-refractivity contribution is 5.98. The third-order valence-electron chi connectivity index (χ3n) is 11.4. The van der Waals surface area contributed by atoms with Gasteiger partial charge in [-0.05, 0) is 84.5 Å². The predicted octanol–water partition coefficient (Wildman–Crippen LogP) is 3.78. The minimum Gasteiger partial charge on any atom is -0.459 e. The molecule has 0 radical (unpaired) electrons. The number of aliphatic hydroxyl groups is 2. The number of pyridine rings is 1. The second kappa shape index (κ2) is 20.1. The lowest BCUT2D eigenvalue weighted by Crippen LogP contribution is -2.59. The molecule has 2 amide bonds. The Hall–Kier alpha value is -3.38. The lowest BCUT2D eigenvalue weighted by atomic mass is 9.74. The molecule has 13 atom stereocenters. The third kappa shape index (κ3) is 11.9. The van der Waals surface area contributed by atoms with Crippen LogP contribution in [0.15, 0.2) is 34.5 Å². The van der Waals surface area contributed by atoms with Crippen molar-refractivity contribution in [2.45, 2.75) is 142 Å². The summed E-state index contributed by atoms with van der Waals surface area (Å²) < 4.78 is 32.7. The van der Waals surface area contributed by atoms with Crippen LogP contribution in [-0.2, 0) is 42.9 Å². The molecule has 57 heavy (non-hydrogen) atoms. The first-order chi connectivity index (χ1) is 26.8.